The standard InChI is InChI=1S/C13H20N4O2/c1-5-9-6-10(16(4)15-9)8-17-11(18)7-14-12(19)13(17,2)3/h6H,5,7-8H2,1-4H3,(H,14,19). The summed E-state index contributed by atoms with van der Waals surface area (Å²) in [5, 5.41) is 6.98. The van der Waals surface area contributed by atoms with Gasteiger partial charge in [0.2, 0.25) is 11.8 Å². The molecule has 1 aliphatic rings. The lowest BCUT2D eigenvalue weighted by atomic mass is 9.98. The Kier molecular flexibility index (Phi) is 3.34. The Bertz CT molecular complexity index is 519. The van der Waals surface area contributed by atoms with Crippen LogP contribution in [0.1, 0.15) is 32.2 Å². The largest absolute Gasteiger partial charge is 0.345 e. The van der Waals surface area contributed by atoms with E-state index in [1.165, 1.54) is 0 Å². The quantitative estimate of drug-likeness (QED) is 0.849. The van der Waals surface area contributed by atoms with E-state index in [-0.39, 0.29) is 18.4 Å². The maximum atomic E-state index is 12.0. The van der Waals surface area contributed by atoms with Gasteiger partial charge in [-0.15, -0.1) is 0 Å². The number of aryl methyl sites for hydroxylation is 2. The van der Waals surface area contributed by atoms with E-state index in [1.807, 2.05) is 20.0 Å². The van der Waals surface area contributed by atoms with E-state index in [9.17, 15) is 9.59 Å². The first kappa shape index (κ1) is 13.6. The first-order chi connectivity index (χ1) is 8.86. The van der Waals surface area contributed by atoms with Crippen molar-refractivity contribution >= 4 is 11.8 Å². The lowest BCUT2D eigenvalue weighted by Gasteiger charge is -2.40. The third kappa shape index (κ3) is 2.34. The normalized spacial score (nSPS) is 18.6. The summed E-state index contributed by atoms with van der Waals surface area (Å²) in [7, 11) is 1.86. The first-order valence-corrected chi connectivity index (χ1v) is 6.46. The maximum absolute atomic E-state index is 12.0. The Labute approximate surface area is 112 Å². The zero-order valence-corrected chi connectivity index (χ0v) is 11.9. The van der Waals surface area contributed by atoms with Crippen molar-refractivity contribution in [2.24, 2.45) is 7.05 Å². The minimum atomic E-state index is -0.827. The number of carbonyl (C=O) groups is 2. The number of amides is 2. The van der Waals surface area contributed by atoms with Crippen LogP contribution in [0.5, 0.6) is 0 Å². The van der Waals surface area contributed by atoms with Crippen molar-refractivity contribution in [3.63, 3.8) is 0 Å². The van der Waals surface area contributed by atoms with Gasteiger partial charge in [0.25, 0.3) is 0 Å². The summed E-state index contributed by atoms with van der Waals surface area (Å²) >= 11 is 0. The monoisotopic (exact) mass is 264 g/mol. The fraction of sp³-hybridized carbons (Fsp3) is 0.615. The summed E-state index contributed by atoms with van der Waals surface area (Å²) in [6.45, 7) is 6.03. The summed E-state index contributed by atoms with van der Waals surface area (Å²) < 4.78 is 1.77. The average Bonchev–Trinajstić information content (AvgIpc) is 2.71. The van der Waals surface area contributed by atoms with Crippen LogP contribution in [0.2, 0.25) is 0 Å². The number of carbonyl (C=O) groups excluding carboxylic acids is 2. The van der Waals surface area contributed by atoms with Crippen molar-refractivity contribution in [3.8, 4) is 0 Å². The SMILES string of the molecule is CCc1cc(CN2C(=O)CNC(=O)C2(C)C)n(C)n1. The van der Waals surface area contributed by atoms with Crippen LogP contribution in [-0.2, 0) is 29.6 Å². The van der Waals surface area contributed by atoms with Gasteiger partial charge in [0.15, 0.2) is 0 Å². The molecule has 1 aromatic rings. The molecule has 1 aliphatic heterocycles. The third-order valence-electron chi connectivity index (χ3n) is 3.64. The molecule has 0 saturated carbocycles. The number of rotatable bonds is 3. The molecular weight excluding hydrogens is 244 g/mol. The molecule has 2 rings (SSSR count). The fourth-order valence-corrected chi connectivity index (χ4v) is 2.24. The topological polar surface area (TPSA) is 67.2 Å². The van der Waals surface area contributed by atoms with E-state index in [0.717, 1.165) is 17.8 Å². The van der Waals surface area contributed by atoms with Crippen molar-refractivity contribution in [1.82, 2.24) is 20.0 Å². The minimum absolute atomic E-state index is 0.0659. The number of hydrogen-bond donors (Lipinski definition) is 1. The van der Waals surface area contributed by atoms with E-state index >= 15 is 0 Å². The summed E-state index contributed by atoms with van der Waals surface area (Å²) in [6.07, 6.45) is 0.853. The molecule has 1 aromatic heterocycles. The highest BCUT2D eigenvalue weighted by atomic mass is 16.2. The molecule has 0 bridgehead atoms. The van der Waals surface area contributed by atoms with Crippen LogP contribution in [-0.4, -0.2) is 38.6 Å². The molecule has 1 N–H and O–H groups in total. The van der Waals surface area contributed by atoms with Crippen LogP contribution in [0.4, 0.5) is 0 Å². The second kappa shape index (κ2) is 4.68. The Morgan fingerprint density at radius 1 is 1.42 bits per heavy atom. The molecule has 0 unspecified atom stereocenters. The smallest absolute Gasteiger partial charge is 0.245 e. The minimum Gasteiger partial charge on any atom is -0.345 e. The van der Waals surface area contributed by atoms with Crippen molar-refractivity contribution in [3.05, 3.63) is 17.5 Å². The predicted molar refractivity (Wildman–Crippen MR) is 70.2 cm³/mol. The van der Waals surface area contributed by atoms with Crippen LogP contribution in [0.15, 0.2) is 6.07 Å². The van der Waals surface area contributed by atoms with Gasteiger partial charge < -0.3 is 10.2 Å². The molecule has 2 heterocycles. The summed E-state index contributed by atoms with van der Waals surface area (Å²) in [5.41, 5.74) is 1.10. The summed E-state index contributed by atoms with van der Waals surface area (Å²) in [5.74, 6) is -0.186. The highest BCUT2D eigenvalue weighted by Gasteiger charge is 2.41. The number of nitrogens with zero attached hydrogens (tertiary/aromatic N) is 3. The highest BCUT2D eigenvalue weighted by molar-refractivity contribution is 5.97. The van der Waals surface area contributed by atoms with E-state index < -0.39 is 5.54 Å². The van der Waals surface area contributed by atoms with Gasteiger partial charge in [-0.3, -0.25) is 14.3 Å². The highest BCUT2D eigenvalue weighted by Crippen LogP contribution is 2.21. The van der Waals surface area contributed by atoms with Crippen LogP contribution in [0, 0.1) is 0 Å². The second-order valence-corrected chi connectivity index (χ2v) is 5.33. The molecule has 19 heavy (non-hydrogen) atoms. The van der Waals surface area contributed by atoms with Gasteiger partial charge in [-0.2, -0.15) is 5.10 Å². The van der Waals surface area contributed by atoms with Gasteiger partial charge in [-0.25, -0.2) is 0 Å². The van der Waals surface area contributed by atoms with Gasteiger partial charge in [0.1, 0.15) is 5.54 Å². The van der Waals surface area contributed by atoms with E-state index in [2.05, 4.69) is 10.4 Å². The van der Waals surface area contributed by atoms with Gasteiger partial charge in [0, 0.05) is 7.05 Å². The molecule has 6 heteroatoms. The zero-order valence-electron chi connectivity index (χ0n) is 11.9. The molecule has 0 atom stereocenters. The van der Waals surface area contributed by atoms with Crippen LogP contribution in [0.3, 0.4) is 0 Å². The van der Waals surface area contributed by atoms with Crippen molar-refractivity contribution < 1.29 is 9.59 Å². The molecular formula is C13H20N4O2. The van der Waals surface area contributed by atoms with Crippen LogP contribution in [0.25, 0.3) is 0 Å². The molecule has 2 amide bonds. The molecule has 104 valence electrons. The Hall–Kier alpha value is -1.85. The van der Waals surface area contributed by atoms with E-state index in [1.54, 1.807) is 23.4 Å². The van der Waals surface area contributed by atoms with Crippen molar-refractivity contribution in [2.45, 2.75) is 39.3 Å². The molecule has 1 fully saturated rings. The lowest BCUT2D eigenvalue weighted by Crippen LogP contribution is -2.63. The Morgan fingerprint density at radius 3 is 2.68 bits per heavy atom. The van der Waals surface area contributed by atoms with Gasteiger partial charge in [-0.05, 0) is 26.3 Å². The number of piperazine rings is 1. The molecule has 0 radical (unpaired) electrons. The number of nitrogens with one attached hydrogen (secondary N) is 1. The molecule has 6 nitrogen and oxygen atoms in total. The zero-order chi connectivity index (χ0) is 14.2. The summed E-state index contributed by atoms with van der Waals surface area (Å²) in [4.78, 5) is 25.5. The van der Waals surface area contributed by atoms with Crippen LogP contribution >= 0.6 is 0 Å². The van der Waals surface area contributed by atoms with Crippen molar-refractivity contribution in [2.75, 3.05) is 6.54 Å². The number of hydrogen-bond acceptors (Lipinski definition) is 3. The molecule has 1 saturated heterocycles. The fourth-order valence-electron chi connectivity index (χ4n) is 2.24. The van der Waals surface area contributed by atoms with Gasteiger partial charge in [-0.1, -0.05) is 6.92 Å². The molecule has 0 aliphatic carbocycles. The molecule has 0 spiro atoms. The predicted octanol–water partition coefficient (Wildman–Crippen LogP) is 0.219. The summed E-state index contributed by atoms with van der Waals surface area (Å²) in [6, 6.07) is 1.98. The Balaban J connectivity index is 2.27. The lowest BCUT2D eigenvalue weighted by molar-refractivity contribution is -0.152. The van der Waals surface area contributed by atoms with Crippen molar-refractivity contribution in [1.29, 1.82) is 0 Å². The Morgan fingerprint density at radius 2 is 2.11 bits per heavy atom. The maximum Gasteiger partial charge on any atom is 0.245 e. The van der Waals surface area contributed by atoms with Crippen LogP contribution < -0.4 is 5.32 Å². The number of aromatic nitrogens is 2. The average molecular weight is 264 g/mol. The first-order valence-electron chi connectivity index (χ1n) is 6.46. The third-order valence-corrected chi connectivity index (χ3v) is 3.64. The second-order valence-electron chi connectivity index (χ2n) is 5.33. The van der Waals surface area contributed by atoms with Gasteiger partial charge in [0.05, 0.1) is 24.5 Å². The van der Waals surface area contributed by atoms with E-state index in [0.29, 0.717) is 6.54 Å². The van der Waals surface area contributed by atoms with E-state index in [4.69, 9.17) is 0 Å². The molecule has 0 aromatic carbocycles. The van der Waals surface area contributed by atoms with Gasteiger partial charge >= 0.3 is 0 Å².